The second-order valence-electron chi connectivity index (χ2n) is 4.13. The van der Waals surface area contributed by atoms with Crippen molar-refractivity contribution >= 4 is 11.6 Å². The van der Waals surface area contributed by atoms with Gasteiger partial charge < -0.3 is 9.84 Å². The Kier molecular flexibility index (Phi) is 4.32. The topological polar surface area (TPSA) is 47.3 Å². The van der Waals surface area contributed by atoms with E-state index in [1.54, 1.807) is 18.2 Å². The molecule has 0 atom stereocenters. The first-order chi connectivity index (χ1) is 9.17. The maximum absolute atomic E-state index is 9.66. The number of benzene rings is 1. The summed E-state index contributed by atoms with van der Waals surface area (Å²) in [6.45, 7) is 5.05. The molecule has 5 heteroatoms. The van der Waals surface area contributed by atoms with E-state index in [0.717, 1.165) is 24.4 Å². The standard InChI is InChI=1S/C14H17ClN2O2/c1-3-10-14(15)11(17(4-2)16-10)9-19-13-8-6-5-7-12(13)18/h5-8,18H,3-4,9H2,1-2H3. The third kappa shape index (κ3) is 2.84. The van der Waals surface area contributed by atoms with Gasteiger partial charge in [0.05, 0.1) is 16.4 Å². The normalized spacial score (nSPS) is 10.7. The molecular formula is C14H17ClN2O2. The fourth-order valence-electron chi connectivity index (χ4n) is 1.88. The first-order valence-corrected chi connectivity index (χ1v) is 6.70. The molecule has 0 aliphatic rings. The van der Waals surface area contributed by atoms with E-state index in [4.69, 9.17) is 16.3 Å². The van der Waals surface area contributed by atoms with Crippen molar-refractivity contribution in [3.05, 3.63) is 40.7 Å². The molecule has 19 heavy (non-hydrogen) atoms. The Bertz CT molecular complexity index is 567. The first-order valence-electron chi connectivity index (χ1n) is 6.32. The molecule has 0 spiro atoms. The zero-order valence-electron chi connectivity index (χ0n) is 11.1. The van der Waals surface area contributed by atoms with Crippen LogP contribution in [0, 0.1) is 0 Å². The molecule has 0 bridgehead atoms. The zero-order valence-corrected chi connectivity index (χ0v) is 11.8. The van der Waals surface area contributed by atoms with E-state index < -0.39 is 0 Å². The van der Waals surface area contributed by atoms with Crippen LogP contribution in [0.2, 0.25) is 5.02 Å². The lowest BCUT2D eigenvalue weighted by Crippen LogP contribution is -2.06. The molecule has 0 saturated heterocycles. The van der Waals surface area contributed by atoms with E-state index >= 15 is 0 Å². The van der Waals surface area contributed by atoms with E-state index in [1.807, 2.05) is 24.6 Å². The molecular weight excluding hydrogens is 264 g/mol. The third-order valence-electron chi connectivity index (χ3n) is 2.92. The van der Waals surface area contributed by atoms with Crippen molar-refractivity contribution in [1.29, 1.82) is 0 Å². The van der Waals surface area contributed by atoms with Gasteiger partial charge in [-0.05, 0) is 25.5 Å². The molecule has 4 nitrogen and oxygen atoms in total. The maximum Gasteiger partial charge on any atom is 0.161 e. The average molecular weight is 281 g/mol. The summed E-state index contributed by atoms with van der Waals surface area (Å²) in [5, 5.41) is 14.7. The average Bonchev–Trinajstić information content (AvgIpc) is 2.74. The van der Waals surface area contributed by atoms with Crippen LogP contribution in [0.3, 0.4) is 0 Å². The fourth-order valence-corrected chi connectivity index (χ4v) is 2.20. The minimum Gasteiger partial charge on any atom is -0.504 e. The Morgan fingerprint density at radius 2 is 2.05 bits per heavy atom. The SMILES string of the molecule is CCc1nn(CC)c(COc2ccccc2O)c1Cl. The van der Waals surface area contributed by atoms with Crippen LogP contribution in [0.15, 0.2) is 24.3 Å². The summed E-state index contributed by atoms with van der Waals surface area (Å²) in [5.41, 5.74) is 1.71. The summed E-state index contributed by atoms with van der Waals surface area (Å²) in [5.74, 6) is 0.567. The number of aromatic nitrogens is 2. The number of aryl methyl sites for hydroxylation is 2. The molecule has 1 heterocycles. The van der Waals surface area contributed by atoms with E-state index in [9.17, 15) is 5.11 Å². The van der Waals surface area contributed by atoms with Crippen LogP contribution in [-0.4, -0.2) is 14.9 Å². The molecule has 2 aromatic rings. The Hall–Kier alpha value is -1.68. The van der Waals surface area contributed by atoms with Gasteiger partial charge in [-0.1, -0.05) is 30.7 Å². The molecule has 1 N–H and O–H groups in total. The van der Waals surface area contributed by atoms with Crippen LogP contribution in [-0.2, 0) is 19.6 Å². The highest BCUT2D eigenvalue weighted by Crippen LogP contribution is 2.27. The van der Waals surface area contributed by atoms with Crippen LogP contribution in [0.1, 0.15) is 25.2 Å². The minimum absolute atomic E-state index is 0.122. The number of aromatic hydroxyl groups is 1. The van der Waals surface area contributed by atoms with Crippen molar-refractivity contribution < 1.29 is 9.84 Å². The molecule has 102 valence electrons. The highest BCUT2D eigenvalue weighted by Gasteiger charge is 2.15. The molecule has 2 rings (SSSR count). The number of nitrogens with zero attached hydrogens (tertiary/aromatic N) is 2. The largest absolute Gasteiger partial charge is 0.504 e. The number of para-hydroxylation sites is 2. The monoisotopic (exact) mass is 280 g/mol. The van der Waals surface area contributed by atoms with Gasteiger partial charge in [-0.15, -0.1) is 0 Å². The fraction of sp³-hybridized carbons (Fsp3) is 0.357. The van der Waals surface area contributed by atoms with Gasteiger partial charge in [0.2, 0.25) is 0 Å². The van der Waals surface area contributed by atoms with Gasteiger partial charge in [0.1, 0.15) is 6.61 Å². The predicted octanol–water partition coefficient (Wildman–Crippen LogP) is 3.40. The summed E-state index contributed by atoms with van der Waals surface area (Å²) in [6, 6.07) is 6.87. The Morgan fingerprint density at radius 3 is 2.68 bits per heavy atom. The van der Waals surface area contributed by atoms with E-state index in [0.29, 0.717) is 10.8 Å². The van der Waals surface area contributed by atoms with Crippen molar-refractivity contribution in [2.75, 3.05) is 0 Å². The number of rotatable bonds is 5. The number of hydrogen-bond acceptors (Lipinski definition) is 3. The van der Waals surface area contributed by atoms with E-state index in [2.05, 4.69) is 5.10 Å². The predicted molar refractivity (Wildman–Crippen MR) is 74.7 cm³/mol. The van der Waals surface area contributed by atoms with Crippen molar-refractivity contribution in [1.82, 2.24) is 9.78 Å². The summed E-state index contributed by atoms with van der Waals surface area (Å²) >= 11 is 6.29. The van der Waals surface area contributed by atoms with Gasteiger partial charge >= 0.3 is 0 Å². The van der Waals surface area contributed by atoms with Crippen LogP contribution >= 0.6 is 11.6 Å². The van der Waals surface area contributed by atoms with Gasteiger partial charge in [-0.25, -0.2) is 0 Å². The summed E-state index contributed by atoms with van der Waals surface area (Å²) < 4.78 is 7.44. The second-order valence-corrected chi connectivity index (χ2v) is 4.51. The number of phenolic OH excluding ortho intramolecular Hbond substituents is 1. The molecule has 1 aromatic heterocycles. The first kappa shape index (κ1) is 13.7. The third-order valence-corrected chi connectivity index (χ3v) is 3.36. The van der Waals surface area contributed by atoms with Gasteiger partial charge in [-0.2, -0.15) is 5.10 Å². The van der Waals surface area contributed by atoms with Crippen molar-refractivity contribution in [3.63, 3.8) is 0 Å². The Labute approximate surface area is 117 Å². The van der Waals surface area contributed by atoms with Crippen molar-refractivity contribution in [3.8, 4) is 11.5 Å². The van der Waals surface area contributed by atoms with Gasteiger partial charge in [0, 0.05) is 6.54 Å². The lowest BCUT2D eigenvalue weighted by molar-refractivity contribution is 0.277. The van der Waals surface area contributed by atoms with Crippen molar-refractivity contribution in [2.45, 2.75) is 33.4 Å². The number of ether oxygens (including phenoxy) is 1. The lowest BCUT2D eigenvalue weighted by Gasteiger charge is -2.09. The van der Waals surface area contributed by atoms with E-state index in [-0.39, 0.29) is 12.4 Å². The zero-order chi connectivity index (χ0) is 13.8. The number of phenols is 1. The molecule has 0 radical (unpaired) electrons. The molecule has 0 amide bonds. The van der Waals surface area contributed by atoms with Gasteiger partial charge in [0.15, 0.2) is 11.5 Å². The number of hydrogen-bond donors (Lipinski definition) is 1. The molecule has 0 saturated carbocycles. The maximum atomic E-state index is 9.66. The highest BCUT2D eigenvalue weighted by molar-refractivity contribution is 6.31. The van der Waals surface area contributed by atoms with Crippen LogP contribution < -0.4 is 4.74 Å². The Morgan fingerprint density at radius 1 is 1.32 bits per heavy atom. The summed E-state index contributed by atoms with van der Waals surface area (Å²) in [6.07, 6.45) is 0.787. The van der Waals surface area contributed by atoms with Crippen LogP contribution in [0.5, 0.6) is 11.5 Å². The smallest absolute Gasteiger partial charge is 0.161 e. The molecule has 0 unspecified atom stereocenters. The van der Waals surface area contributed by atoms with Gasteiger partial charge in [0.25, 0.3) is 0 Å². The summed E-state index contributed by atoms with van der Waals surface area (Å²) in [7, 11) is 0. The van der Waals surface area contributed by atoms with Crippen LogP contribution in [0.4, 0.5) is 0 Å². The van der Waals surface area contributed by atoms with Gasteiger partial charge in [-0.3, -0.25) is 4.68 Å². The van der Waals surface area contributed by atoms with Crippen LogP contribution in [0.25, 0.3) is 0 Å². The lowest BCUT2D eigenvalue weighted by atomic mass is 10.3. The Balaban J connectivity index is 2.20. The highest BCUT2D eigenvalue weighted by atomic mass is 35.5. The molecule has 0 fully saturated rings. The molecule has 1 aromatic carbocycles. The minimum atomic E-state index is 0.122. The quantitative estimate of drug-likeness (QED) is 0.913. The number of halogens is 1. The molecule has 0 aliphatic heterocycles. The second kappa shape index (κ2) is 5.97. The van der Waals surface area contributed by atoms with Crippen molar-refractivity contribution in [2.24, 2.45) is 0 Å². The summed E-state index contributed by atoms with van der Waals surface area (Å²) in [4.78, 5) is 0. The van der Waals surface area contributed by atoms with E-state index in [1.165, 1.54) is 0 Å². The molecule has 0 aliphatic carbocycles.